The number of hydrogen-bond donors (Lipinski definition) is 0. The molecular formula is C14H22BrN3O2. The van der Waals surface area contributed by atoms with Crippen molar-refractivity contribution < 1.29 is 9.53 Å². The average molecular weight is 344 g/mol. The minimum Gasteiger partial charge on any atom is -0.367 e. The number of carbonyl (C=O) groups excluding carboxylic acids is 1. The lowest BCUT2D eigenvalue weighted by Crippen LogP contribution is -2.46. The van der Waals surface area contributed by atoms with Crippen molar-refractivity contribution in [3.63, 3.8) is 0 Å². The van der Waals surface area contributed by atoms with Gasteiger partial charge in [0.2, 0.25) is 5.78 Å². The molecule has 1 atom stereocenters. The summed E-state index contributed by atoms with van der Waals surface area (Å²) in [4.78, 5) is 15.0. The molecule has 0 spiro atoms. The van der Waals surface area contributed by atoms with Gasteiger partial charge in [0.25, 0.3) is 0 Å². The van der Waals surface area contributed by atoms with Crippen molar-refractivity contribution in [3.05, 3.63) is 16.4 Å². The highest BCUT2D eigenvalue weighted by atomic mass is 79.9. The lowest BCUT2D eigenvalue weighted by atomic mass is 10.1. The summed E-state index contributed by atoms with van der Waals surface area (Å²) in [5.74, 6) is 0.0175. The number of carbonyl (C=O) groups is 1. The maximum atomic E-state index is 12.7. The number of morpholine rings is 1. The van der Waals surface area contributed by atoms with Crippen molar-refractivity contribution in [2.75, 3.05) is 26.2 Å². The van der Waals surface area contributed by atoms with Crippen LogP contribution < -0.4 is 0 Å². The van der Waals surface area contributed by atoms with E-state index in [1.54, 1.807) is 10.9 Å². The summed E-state index contributed by atoms with van der Waals surface area (Å²) in [6.07, 6.45) is 2.38. The van der Waals surface area contributed by atoms with E-state index in [4.69, 9.17) is 4.74 Å². The van der Waals surface area contributed by atoms with Gasteiger partial charge >= 0.3 is 0 Å². The summed E-state index contributed by atoms with van der Waals surface area (Å²) in [5, 5.41) is 4.27. The molecule has 2 rings (SSSR count). The number of halogens is 1. The van der Waals surface area contributed by atoms with E-state index in [0.717, 1.165) is 24.0 Å². The molecule has 0 N–H and O–H groups in total. The molecule has 0 bridgehead atoms. The second-order valence-corrected chi connectivity index (χ2v) is 6.26. The Morgan fingerprint density at radius 1 is 1.60 bits per heavy atom. The molecule has 6 heteroatoms. The highest BCUT2D eigenvalue weighted by Gasteiger charge is 2.31. The molecule has 1 aliphatic heterocycles. The van der Waals surface area contributed by atoms with Gasteiger partial charge in [0.05, 0.1) is 17.3 Å². The number of ketones is 1. The van der Waals surface area contributed by atoms with E-state index in [1.165, 1.54) is 0 Å². The predicted octanol–water partition coefficient (Wildman–Crippen LogP) is 2.52. The zero-order chi connectivity index (χ0) is 14.7. The summed E-state index contributed by atoms with van der Waals surface area (Å²) in [5.41, 5.74) is 0.614. The fraction of sp³-hybridized carbons (Fsp3) is 0.714. The molecule has 1 aromatic rings. The Morgan fingerprint density at radius 2 is 2.35 bits per heavy atom. The third-order valence-electron chi connectivity index (χ3n) is 3.46. The van der Waals surface area contributed by atoms with Crippen LogP contribution in [-0.4, -0.2) is 52.8 Å². The fourth-order valence-corrected chi connectivity index (χ4v) is 2.96. The lowest BCUT2D eigenvalue weighted by molar-refractivity contribution is -0.0169. The zero-order valence-electron chi connectivity index (χ0n) is 12.3. The molecule has 0 saturated carbocycles. The number of ether oxygens (including phenoxy) is 1. The van der Waals surface area contributed by atoms with E-state index in [1.807, 2.05) is 13.8 Å². The van der Waals surface area contributed by atoms with Crippen molar-refractivity contribution in [1.29, 1.82) is 0 Å². The van der Waals surface area contributed by atoms with Gasteiger partial charge in [-0.05, 0) is 42.7 Å². The first kappa shape index (κ1) is 15.7. The summed E-state index contributed by atoms with van der Waals surface area (Å²) in [7, 11) is 0. The summed E-state index contributed by atoms with van der Waals surface area (Å²) >= 11 is 3.43. The second kappa shape index (κ2) is 6.83. The van der Waals surface area contributed by atoms with E-state index in [-0.39, 0.29) is 17.9 Å². The molecule has 1 saturated heterocycles. The van der Waals surface area contributed by atoms with Crippen LogP contribution in [0.1, 0.15) is 43.7 Å². The van der Waals surface area contributed by atoms with Gasteiger partial charge < -0.3 is 4.74 Å². The lowest BCUT2D eigenvalue weighted by Gasteiger charge is -2.32. The Bertz CT molecular complexity index is 471. The maximum absolute atomic E-state index is 12.7. The molecular weight excluding hydrogens is 322 g/mol. The van der Waals surface area contributed by atoms with Gasteiger partial charge in [-0.1, -0.05) is 6.92 Å². The van der Waals surface area contributed by atoms with Gasteiger partial charge in [0, 0.05) is 19.1 Å². The van der Waals surface area contributed by atoms with Crippen molar-refractivity contribution in [3.8, 4) is 0 Å². The van der Waals surface area contributed by atoms with Gasteiger partial charge in [-0.15, -0.1) is 0 Å². The average Bonchev–Trinajstić information content (AvgIpc) is 2.81. The molecule has 1 aromatic heterocycles. The largest absolute Gasteiger partial charge is 0.367 e. The highest BCUT2D eigenvalue weighted by Crippen LogP contribution is 2.23. The van der Waals surface area contributed by atoms with E-state index in [2.05, 4.69) is 32.9 Å². The van der Waals surface area contributed by atoms with Crippen LogP contribution in [0.4, 0.5) is 0 Å². The van der Waals surface area contributed by atoms with Gasteiger partial charge in [0.15, 0.2) is 0 Å². The van der Waals surface area contributed by atoms with Gasteiger partial charge in [-0.25, -0.2) is 0 Å². The normalized spacial score (nSPS) is 20.6. The molecule has 0 amide bonds. The number of nitrogens with zero attached hydrogens (tertiary/aromatic N) is 3. The molecule has 112 valence electrons. The van der Waals surface area contributed by atoms with Gasteiger partial charge in [0.1, 0.15) is 11.8 Å². The van der Waals surface area contributed by atoms with Crippen LogP contribution in [0, 0.1) is 0 Å². The van der Waals surface area contributed by atoms with E-state index in [0.29, 0.717) is 18.8 Å². The van der Waals surface area contributed by atoms with Crippen molar-refractivity contribution in [1.82, 2.24) is 14.7 Å². The van der Waals surface area contributed by atoms with Crippen LogP contribution in [0.25, 0.3) is 0 Å². The molecule has 2 heterocycles. The molecule has 0 aliphatic carbocycles. The Labute approximate surface area is 128 Å². The minimum atomic E-state index is -0.388. The minimum absolute atomic E-state index is 0.0175. The third-order valence-corrected chi connectivity index (χ3v) is 4.04. The maximum Gasteiger partial charge on any atom is 0.211 e. The van der Waals surface area contributed by atoms with E-state index >= 15 is 0 Å². The SMILES string of the molecule is CCCN1CCOC(C(=O)c2c(Br)cnn2C(C)C)C1. The molecule has 20 heavy (non-hydrogen) atoms. The van der Waals surface area contributed by atoms with Crippen LogP contribution in [0.5, 0.6) is 0 Å². The highest BCUT2D eigenvalue weighted by molar-refractivity contribution is 9.10. The number of Topliss-reactive ketones (excluding diaryl/α,β-unsaturated/α-hetero) is 1. The van der Waals surface area contributed by atoms with Crippen molar-refractivity contribution >= 4 is 21.7 Å². The molecule has 1 unspecified atom stereocenters. The smallest absolute Gasteiger partial charge is 0.211 e. The molecule has 0 radical (unpaired) electrons. The number of rotatable bonds is 5. The fourth-order valence-electron chi connectivity index (χ4n) is 2.50. The van der Waals surface area contributed by atoms with Crippen LogP contribution >= 0.6 is 15.9 Å². The van der Waals surface area contributed by atoms with Crippen LogP contribution in [0.15, 0.2) is 10.7 Å². The van der Waals surface area contributed by atoms with Crippen molar-refractivity contribution in [2.24, 2.45) is 0 Å². The first-order valence-electron chi connectivity index (χ1n) is 7.15. The Kier molecular flexibility index (Phi) is 5.35. The van der Waals surface area contributed by atoms with Crippen LogP contribution in [0.3, 0.4) is 0 Å². The van der Waals surface area contributed by atoms with Crippen LogP contribution in [-0.2, 0) is 4.74 Å². The quantitative estimate of drug-likeness (QED) is 0.770. The number of hydrogen-bond acceptors (Lipinski definition) is 4. The van der Waals surface area contributed by atoms with Crippen molar-refractivity contribution in [2.45, 2.75) is 39.3 Å². The summed E-state index contributed by atoms with van der Waals surface area (Å²) < 4.78 is 8.18. The topological polar surface area (TPSA) is 47.4 Å². The third kappa shape index (κ3) is 3.30. The molecule has 1 aliphatic rings. The number of aromatic nitrogens is 2. The van der Waals surface area contributed by atoms with E-state index < -0.39 is 0 Å². The first-order valence-corrected chi connectivity index (χ1v) is 7.95. The molecule has 1 fully saturated rings. The first-order chi connectivity index (χ1) is 9.54. The predicted molar refractivity (Wildman–Crippen MR) is 81.1 cm³/mol. The Morgan fingerprint density at radius 3 is 3.00 bits per heavy atom. The zero-order valence-corrected chi connectivity index (χ0v) is 13.9. The van der Waals surface area contributed by atoms with Gasteiger partial charge in [-0.3, -0.25) is 14.4 Å². The standard InChI is InChI=1S/C14H22BrN3O2/c1-4-5-17-6-7-20-12(9-17)14(19)13-11(15)8-16-18(13)10(2)3/h8,10,12H,4-7,9H2,1-3H3. The Balaban J connectivity index is 2.16. The summed E-state index contributed by atoms with van der Waals surface area (Å²) in [6, 6.07) is 0.149. The van der Waals surface area contributed by atoms with E-state index in [9.17, 15) is 4.79 Å². The molecule has 0 aromatic carbocycles. The monoisotopic (exact) mass is 343 g/mol. The van der Waals surface area contributed by atoms with Gasteiger partial charge in [-0.2, -0.15) is 5.10 Å². The summed E-state index contributed by atoms with van der Waals surface area (Å²) in [6.45, 7) is 9.38. The second-order valence-electron chi connectivity index (χ2n) is 5.40. The van der Waals surface area contributed by atoms with Crippen LogP contribution in [0.2, 0.25) is 0 Å². The molecule has 5 nitrogen and oxygen atoms in total. The Hall–Kier alpha value is -0.720.